The van der Waals surface area contributed by atoms with Gasteiger partial charge < -0.3 is 20.3 Å². The fourth-order valence-corrected chi connectivity index (χ4v) is 11.1. The van der Waals surface area contributed by atoms with Gasteiger partial charge in [-0.25, -0.2) is 0 Å². The Labute approximate surface area is 469 Å². The number of aliphatic hydroxyl groups excluding tert-OH is 2. The third-order valence-electron chi connectivity index (χ3n) is 16.3. The van der Waals surface area contributed by atoms with E-state index in [2.05, 4.69) is 19.2 Å². The Hall–Kier alpha value is -1.40. The van der Waals surface area contributed by atoms with Crippen molar-refractivity contribution in [2.45, 2.75) is 405 Å². The average molecular weight is 1060 g/mol. The third-order valence-corrected chi connectivity index (χ3v) is 16.3. The highest BCUT2D eigenvalue weighted by Crippen LogP contribution is 2.19. The van der Waals surface area contributed by atoms with Crippen LogP contribution in [-0.4, -0.2) is 47.4 Å². The largest absolute Gasteiger partial charge is 0.466 e. The van der Waals surface area contributed by atoms with Gasteiger partial charge in [-0.3, -0.25) is 9.59 Å². The normalized spacial score (nSPS) is 12.5. The van der Waals surface area contributed by atoms with Gasteiger partial charge in [-0.05, 0) is 32.1 Å². The van der Waals surface area contributed by atoms with E-state index in [0.29, 0.717) is 19.4 Å². The zero-order valence-corrected chi connectivity index (χ0v) is 51.1. The van der Waals surface area contributed by atoms with Crippen molar-refractivity contribution in [3.63, 3.8) is 0 Å². The molecule has 0 aliphatic rings. The number of carbonyl (C=O) groups is 2. The molecule has 0 rings (SSSR count). The van der Waals surface area contributed by atoms with E-state index < -0.39 is 12.1 Å². The van der Waals surface area contributed by atoms with Crippen LogP contribution in [0.5, 0.6) is 0 Å². The summed E-state index contributed by atoms with van der Waals surface area (Å²) in [5, 5.41) is 23.2. The van der Waals surface area contributed by atoms with Crippen LogP contribution in [0.1, 0.15) is 393 Å². The van der Waals surface area contributed by atoms with Crippen LogP contribution in [0.4, 0.5) is 0 Å². The molecule has 6 heteroatoms. The van der Waals surface area contributed by atoms with E-state index in [1.54, 1.807) is 6.08 Å². The Morgan fingerprint density at radius 3 is 0.907 bits per heavy atom. The van der Waals surface area contributed by atoms with E-state index in [0.717, 1.165) is 38.5 Å². The lowest BCUT2D eigenvalue weighted by atomic mass is 10.0. The monoisotopic (exact) mass is 1060 g/mol. The second-order valence-corrected chi connectivity index (χ2v) is 23.9. The first-order valence-corrected chi connectivity index (χ1v) is 34.5. The van der Waals surface area contributed by atoms with Crippen molar-refractivity contribution in [1.82, 2.24) is 5.32 Å². The fraction of sp³-hybridized carbons (Fsp3) is 0.942. The molecule has 0 saturated heterocycles. The first-order chi connectivity index (χ1) is 37.0. The van der Waals surface area contributed by atoms with Crippen molar-refractivity contribution in [2.75, 3.05) is 13.2 Å². The average Bonchev–Trinajstić information content (AvgIpc) is 3.41. The van der Waals surface area contributed by atoms with Crippen LogP contribution in [0.15, 0.2) is 12.2 Å². The van der Waals surface area contributed by atoms with E-state index in [1.165, 1.54) is 327 Å². The summed E-state index contributed by atoms with van der Waals surface area (Å²) in [6.07, 6.45) is 79.9. The first kappa shape index (κ1) is 73.6. The summed E-state index contributed by atoms with van der Waals surface area (Å²) in [6, 6.07) is -0.630. The van der Waals surface area contributed by atoms with Crippen LogP contribution in [-0.2, 0) is 14.3 Å². The third kappa shape index (κ3) is 61.7. The molecular formula is C69H135NO5. The van der Waals surface area contributed by atoms with Crippen LogP contribution < -0.4 is 5.32 Å². The Kier molecular flexibility index (Phi) is 63.9. The molecule has 1 amide bonds. The molecular weight excluding hydrogens is 923 g/mol. The number of amides is 1. The van der Waals surface area contributed by atoms with Crippen molar-refractivity contribution in [2.24, 2.45) is 0 Å². The van der Waals surface area contributed by atoms with Crippen LogP contribution in [0.3, 0.4) is 0 Å². The number of hydrogen-bond donors (Lipinski definition) is 3. The maximum absolute atomic E-state index is 12.5. The molecule has 0 aromatic rings. The van der Waals surface area contributed by atoms with Gasteiger partial charge in [-0.15, -0.1) is 0 Å². The highest BCUT2D eigenvalue weighted by Gasteiger charge is 2.18. The van der Waals surface area contributed by atoms with Gasteiger partial charge in [0.2, 0.25) is 5.91 Å². The lowest BCUT2D eigenvalue weighted by Gasteiger charge is -2.20. The molecule has 75 heavy (non-hydrogen) atoms. The summed E-state index contributed by atoms with van der Waals surface area (Å²) in [7, 11) is 0. The van der Waals surface area contributed by atoms with Crippen LogP contribution in [0, 0.1) is 0 Å². The lowest BCUT2D eigenvalue weighted by Crippen LogP contribution is -2.45. The van der Waals surface area contributed by atoms with Crippen molar-refractivity contribution < 1.29 is 24.5 Å². The molecule has 2 unspecified atom stereocenters. The standard InChI is InChI=1S/C69H135NO5/c1-3-5-7-9-11-13-15-17-19-21-22-23-24-26-30-33-37-41-45-49-53-57-61-67(72)66(65-71)70-68(73)62-58-54-50-46-42-38-34-31-27-25-28-32-36-40-44-48-52-56-60-64-75-69(74)63-59-55-51-47-43-39-35-29-20-18-16-14-12-10-8-6-4-2/h57,61,66-67,71-72H,3-56,58-60,62-65H2,1-2H3,(H,70,73)/b61-57+. The maximum atomic E-state index is 12.5. The second kappa shape index (κ2) is 65.1. The number of hydrogen-bond acceptors (Lipinski definition) is 5. The molecule has 0 saturated carbocycles. The van der Waals surface area contributed by atoms with Crippen molar-refractivity contribution in [1.29, 1.82) is 0 Å². The van der Waals surface area contributed by atoms with Gasteiger partial charge in [0.25, 0.3) is 0 Å². The van der Waals surface area contributed by atoms with Gasteiger partial charge in [-0.1, -0.05) is 360 Å². The number of ether oxygens (including phenoxy) is 1. The number of nitrogens with one attached hydrogen (secondary N) is 1. The molecule has 0 fully saturated rings. The van der Waals surface area contributed by atoms with Gasteiger partial charge >= 0.3 is 5.97 Å². The molecule has 6 nitrogen and oxygen atoms in total. The lowest BCUT2D eigenvalue weighted by molar-refractivity contribution is -0.143. The Morgan fingerprint density at radius 1 is 0.360 bits per heavy atom. The predicted octanol–water partition coefficient (Wildman–Crippen LogP) is 22.0. The first-order valence-electron chi connectivity index (χ1n) is 34.5. The molecule has 2 atom stereocenters. The van der Waals surface area contributed by atoms with Crippen LogP contribution in [0.2, 0.25) is 0 Å². The molecule has 0 aromatic heterocycles. The number of unbranched alkanes of at least 4 members (excludes halogenated alkanes) is 54. The fourth-order valence-electron chi connectivity index (χ4n) is 11.1. The zero-order valence-electron chi connectivity index (χ0n) is 51.1. The van der Waals surface area contributed by atoms with Gasteiger partial charge in [0.1, 0.15) is 0 Å². The summed E-state index contributed by atoms with van der Waals surface area (Å²) in [4.78, 5) is 24.6. The number of carbonyl (C=O) groups excluding carboxylic acids is 2. The highest BCUT2D eigenvalue weighted by atomic mass is 16.5. The number of esters is 1. The minimum atomic E-state index is -0.847. The van der Waals surface area contributed by atoms with E-state index in [9.17, 15) is 19.8 Å². The number of allylic oxidation sites excluding steroid dienone is 1. The summed E-state index contributed by atoms with van der Waals surface area (Å²) >= 11 is 0. The Morgan fingerprint density at radius 2 is 0.613 bits per heavy atom. The van der Waals surface area contributed by atoms with Gasteiger partial charge in [0.15, 0.2) is 0 Å². The van der Waals surface area contributed by atoms with E-state index >= 15 is 0 Å². The van der Waals surface area contributed by atoms with Crippen molar-refractivity contribution >= 4 is 11.9 Å². The summed E-state index contributed by atoms with van der Waals surface area (Å²) < 4.78 is 5.50. The summed E-state index contributed by atoms with van der Waals surface area (Å²) in [5.41, 5.74) is 0. The highest BCUT2D eigenvalue weighted by molar-refractivity contribution is 5.76. The molecule has 0 aliphatic carbocycles. The molecule has 0 heterocycles. The SMILES string of the molecule is CCCCCCCCCCCCCCCCCCCCCC/C=C/C(O)C(CO)NC(=O)CCCCCCCCCCCCCCCCCCCCCOC(=O)CCCCCCCCCCCCCCCCCCC. The minimum absolute atomic E-state index is 0.0135. The number of rotatable bonds is 65. The molecule has 0 bridgehead atoms. The minimum Gasteiger partial charge on any atom is -0.466 e. The quantitative estimate of drug-likeness (QED) is 0.0320. The molecule has 446 valence electrons. The Bertz CT molecular complexity index is 1130. The molecule has 3 N–H and O–H groups in total. The number of aliphatic hydroxyl groups is 2. The van der Waals surface area contributed by atoms with Gasteiger partial charge in [0, 0.05) is 12.8 Å². The Balaban J connectivity index is 3.41. The van der Waals surface area contributed by atoms with E-state index in [4.69, 9.17) is 4.74 Å². The van der Waals surface area contributed by atoms with E-state index in [-0.39, 0.29) is 18.5 Å². The zero-order chi connectivity index (χ0) is 54.3. The molecule has 0 aromatic carbocycles. The maximum Gasteiger partial charge on any atom is 0.305 e. The topological polar surface area (TPSA) is 95.9 Å². The van der Waals surface area contributed by atoms with Gasteiger partial charge in [0.05, 0.1) is 25.4 Å². The smallest absolute Gasteiger partial charge is 0.305 e. The van der Waals surface area contributed by atoms with Crippen LogP contribution >= 0.6 is 0 Å². The molecule has 0 aliphatic heterocycles. The summed E-state index contributed by atoms with van der Waals surface area (Å²) in [5.74, 6) is -0.0526. The second-order valence-electron chi connectivity index (χ2n) is 23.9. The van der Waals surface area contributed by atoms with Gasteiger partial charge in [-0.2, -0.15) is 0 Å². The van der Waals surface area contributed by atoms with Crippen molar-refractivity contribution in [3.8, 4) is 0 Å². The molecule has 0 spiro atoms. The summed E-state index contributed by atoms with van der Waals surface area (Å²) in [6.45, 7) is 4.95. The van der Waals surface area contributed by atoms with Crippen molar-refractivity contribution in [3.05, 3.63) is 12.2 Å². The van der Waals surface area contributed by atoms with E-state index in [1.807, 2.05) is 6.08 Å². The molecule has 0 radical (unpaired) electrons. The predicted molar refractivity (Wildman–Crippen MR) is 329 cm³/mol. The van der Waals surface area contributed by atoms with Crippen LogP contribution in [0.25, 0.3) is 0 Å².